The Balaban J connectivity index is 1.97. The fourth-order valence-corrected chi connectivity index (χ4v) is 4.32. The number of rotatable bonds is 5. The Kier molecular flexibility index (Phi) is 4.60. The zero-order valence-electron chi connectivity index (χ0n) is 11.2. The summed E-state index contributed by atoms with van der Waals surface area (Å²) < 4.78 is 27.1. The second kappa shape index (κ2) is 6.03. The van der Waals surface area contributed by atoms with Crippen LogP contribution in [0.5, 0.6) is 0 Å². The van der Waals surface area contributed by atoms with Crippen LogP contribution in [0, 0.1) is 0 Å². The van der Waals surface area contributed by atoms with E-state index in [1.807, 2.05) is 37.3 Å². The average molecular weight is 282 g/mol. The van der Waals surface area contributed by atoms with Crippen LogP contribution in [0.1, 0.15) is 37.7 Å². The first-order valence-corrected chi connectivity index (χ1v) is 8.44. The number of hydrogen-bond acceptors (Lipinski definition) is 3. The molecule has 0 spiro atoms. The van der Waals surface area contributed by atoms with Crippen molar-refractivity contribution in [2.24, 2.45) is 5.73 Å². The van der Waals surface area contributed by atoms with E-state index in [1.54, 1.807) is 0 Å². The molecule has 1 aromatic rings. The molecular formula is C14H22N2O2S. The molecule has 0 bridgehead atoms. The lowest BCUT2D eigenvalue weighted by atomic mass is 10.0. The summed E-state index contributed by atoms with van der Waals surface area (Å²) in [6.07, 6.45) is 2.75. The standard InChI is InChI=1S/C14H22N2O2S/c1-11(12-6-3-2-4-7-12)10-19(17,18)16-14-9-5-8-13(14)15/h2-4,6-7,11,13-14,16H,5,8-10,15H2,1H3. The fraction of sp³-hybridized carbons (Fsp3) is 0.571. The van der Waals surface area contributed by atoms with Crippen molar-refractivity contribution in [1.29, 1.82) is 0 Å². The Morgan fingerprint density at radius 3 is 2.58 bits per heavy atom. The second-order valence-corrected chi connectivity index (χ2v) is 7.21. The molecule has 106 valence electrons. The van der Waals surface area contributed by atoms with Crippen LogP contribution in [0.4, 0.5) is 0 Å². The normalized spacial score (nSPS) is 25.4. The highest BCUT2D eigenvalue weighted by atomic mass is 32.2. The lowest BCUT2D eigenvalue weighted by molar-refractivity contribution is 0.519. The van der Waals surface area contributed by atoms with E-state index in [2.05, 4.69) is 4.72 Å². The molecule has 3 atom stereocenters. The number of benzene rings is 1. The molecule has 0 saturated heterocycles. The topological polar surface area (TPSA) is 72.2 Å². The van der Waals surface area contributed by atoms with E-state index in [0.29, 0.717) is 0 Å². The van der Waals surface area contributed by atoms with Gasteiger partial charge in [-0.2, -0.15) is 0 Å². The monoisotopic (exact) mass is 282 g/mol. The molecule has 1 saturated carbocycles. The zero-order chi connectivity index (χ0) is 13.9. The quantitative estimate of drug-likeness (QED) is 0.861. The second-order valence-electron chi connectivity index (χ2n) is 5.41. The van der Waals surface area contributed by atoms with Gasteiger partial charge < -0.3 is 5.73 Å². The van der Waals surface area contributed by atoms with Crippen LogP contribution in [0.25, 0.3) is 0 Å². The Morgan fingerprint density at radius 2 is 2.00 bits per heavy atom. The van der Waals surface area contributed by atoms with E-state index in [-0.39, 0.29) is 23.8 Å². The van der Waals surface area contributed by atoms with E-state index in [9.17, 15) is 8.42 Å². The summed E-state index contributed by atoms with van der Waals surface area (Å²) >= 11 is 0. The molecule has 1 fully saturated rings. The highest BCUT2D eigenvalue weighted by Gasteiger charge is 2.28. The maximum Gasteiger partial charge on any atom is 0.212 e. The van der Waals surface area contributed by atoms with E-state index in [0.717, 1.165) is 24.8 Å². The maximum atomic E-state index is 12.1. The van der Waals surface area contributed by atoms with Gasteiger partial charge >= 0.3 is 0 Å². The van der Waals surface area contributed by atoms with Crippen LogP contribution >= 0.6 is 0 Å². The number of nitrogens with one attached hydrogen (secondary N) is 1. The Labute approximate surface area is 115 Å². The summed E-state index contributed by atoms with van der Waals surface area (Å²) in [5.74, 6) is 0.0941. The number of hydrogen-bond donors (Lipinski definition) is 2. The van der Waals surface area contributed by atoms with Gasteiger partial charge in [-0.15, -0.1) is 0 Å². The van der Waals surface area contributed by atoms with E-state index in [4.69, 9.17) is 5.73 Å². The summed E-state index contributed by atoms with van der Waals surface area (Å²) in [5.41, 5.74) is 6.95. The van der Waals surface area contributed by atoms with Crippen LogP contribution in [-0.2, 0) is 10.0 Å². The molecule has 19 heavy (non-hydrogen) atoms. The van der Waals surface area contributed by atoms with Crippen molar-refractivity contribution in [2.75, 3.05) is 5.75 Å². The Morgan fingerprint density at radius 1 is 1.32 bits per heavy atom. The van der Waals surface area contributed by atoms with Gasteiger partial charge in [-0.3, -0.25) is 0 Å². The summed E-state index contributed by atoms with van der Waals surface area (Å²) in [6.45, 7) is 1.93. The van der Waals surface area contributed by atoms with Gasteiger partial charge in [0.15, 0.2) is 0 Å². The number of nitrogens with two attached hydrogens (primary N) is 1. The van der Waals surface area contributed by atoms with Crippen LogP contribution in [0.2, 0.25) is 0 Å². The molecule has 0 heterocycles. The molecule has 5 heteroatoms. The van der Waals surface area contributed by atoms with Crippen molar-refractivity contribution in [3.63, 3.8) is 0 Å². The lowest BCUT2D eigenvalue weighted by Gasteiger charge is -2.19. The van der Waals surface area contributed by atoms with Gasteiger partial charge in [0.25, 0.3) is 0 Å². The zero-order valence-corrected chi connectivity index (χ0v) is 12.1. The summed E-state index contributed by atoms with van der Waals surface area (Å²) in [7, 11) is -3.28. The van der Waals surface area contributed by atoms with Gasteiger partial charge in [-0.05, 0) is 24.3 Å². The minimum atomic E-state index is -3.28. The summed E-state index contributed by atoms with van der Waals surface area (Å²) in [4.78, 5) is 0. The van der Waals surface area contributed by atoms with Gasteiger partial charge in [-0.1, -0.05) is 43.7 Å². The van der Waals surface area contributed by atoms with Crippen molar-refractivity contribution in [3.8, 4) is 0 Å². The highest BCUT2D eigenvalue weighted by molar-refractivity contribution is 7.89. The van der Waals surface area contributed by atoms with Crippen molar-refractivity contribution in [1.82, 2.24) is 4.72 Å². The van der Waals surface area contributed by atoms with Crippen LogP contribution < -0.4 is 10.5 Å². The van der Waals surface area contributed by atoms with E-state index < -0.39 is 10.0 Å². The van der Waals surface area contributed by atoms with E-state index >= 15 is 0 Å². The predicted molar refractivity (Wildman–Crippen MR) is 77.4 cm³/mol. The molecule has 4 nitrogen and oxygen atoms in total. The van der Waals surface area contributed by atoms with E-state index in [1.165, 1.54) is 0 Å². The first kappa shape index (κ1) is 14.5. The van der Waals surface area contributed by atoms with Crippen LogP contribution in [0.15, 0.2) is 30.3 Å². The third-order valence-corrected chi connectivity index (χ3v) is 5.34. The molecule has 3 unspecified atom stereocenters. The minimum Gasteiger partial charge on any atom is -0.326 e. The maximum absolute atomic E-state index is 12.1. The van der Waals surface area contributed by atoms with Gasteiger partial charge in [0, 0.05) is 12.1 Å². The molecule has 1 aliphatic carbocycles. The Hall–Kier alpha value is -0.910. The first-order valence-electron chi connectivity index (χ1n) is 6.78. The summed E-state index contributed by atoms with van der Waals surface area (Å²) in [5, 5.41) is 0. The smallest absolute Gasteiger partial charge is 0.212 e. The third-order valence-electron chi connectivity index (χ3n) is 3.74. The van der Waals surface area contributed by atoms with Crippen molar-refractivity contribution in [3.05, 3.63) is 35.9 Å². The first-order chi connectivity index (χ1) is 8.98. The number of sulfonamides is 1. The minimum absolute atomic E-state index is 0.0173. The van der Waals surface area contributed by atoms with Gasteiger partial charge in [0.2, 0.25) is 10.0 Å². The van der Waals surface area contributed by atoms with Crippen molar-refractivity contribution in [2.45, 2.75) is 44.2 Å². The average Bonchev–Trinajstić information content (AvgIpc) is 2.75. The van der Waals surface area contributed by atoms with Crippen LogP contribution in [0.3, 0.4) is 0 Å². The largest absolute Gasteiger partial charge is 0.326 e. The predicted octanol–water partition coefficient (Wildman–Crippen LogP) is 1.59. The Bertz CT molecular complexity index is 501. The molecule has 0 amide bonds. The van der Waals surface area contributed by atoms with Gasteiger partial charge in [-0.25, -0.2) is 13.1 Å². The summed E-state index contributed by atoms with van der Waals surface area (Å²) in [6, 6.07) is 9.58. The highest BCUT2D eigenvalue weighted by Crippen LogP contribution is 2.20. The fourth-order valence-electron chi connectivity index (χ4n) is 2.62. The third kappa shape index (κ3) is 4.03. The molecule has 0 radical (unpaired) electrons. The van der Waals surface area contributed by atoms with Gasteiger partial charge in [0.05, 0.1) is 5.75 Å². The molecule has 0 aromatic heterocycles. The van der Waals surface area contributed by atoms with Gasteiger partial charge in [0.1, 0.15) is 0 Å². The molecule has 3 N–H and O–H groups in total. The SMILES string of the molecule is CC(CS(=O)(=O)NC1CCCC1N)c1ccccc1. The van der Waals surface area contributed by atoms with Crippen molar-refractivity contribution < 1.29 is 8.42 Å². The molecule has 2 rings (SSSR count). The lowest BCUT2D eigenvalue weighted by Crippen LogP contribution is -2.45. The van der Waals surface area contributed by atoms with Crippen LogP contribution in [-0.4, -0.2) is 26.3 Å². The molecular weight excluding hydrogens is 260 g/mol. The molecule has 1 aliphatic rings. The molecule has 1 aromatic carbocycles. The molecule has 0 aliphatic heterocycles. The van der Waals surface area contributed by atoms with Crippen molar-refractivity contribution >= 4 is 10.0 Å².